The van der Waals surface area contributed by atoms with Gasteiger partial charge in [-0.25, -0.2) is 14.4 Å². The molecule has 1 N–H and O–H groups in total. The summed E-state index contributed by atoms with van der Waals surface area (Å²) in [6, 6.07) is 4.39. The summed E-state index contributed by atoms with van der Waals surface area (Å²) in [5, 5.41) is 3.79. The molecule has 0 unspecified atom stereocenters. The number of halogens is 1. The molecule has 1 amide bonds. The second-order valence-electron chi connectivity index (χ2n) is 7.52. The Labute approximate surface area is 167 Å². The highest BCUT2D eigenvalue weighted by atomic mass is 32.1. The van der Waals surface area contributed by atoms with Crippen LogP contribution < -0.4 is 10.2 Å². The van der Waals surface area contributed by atoms with E-state index in [1.807, 2.05) is 13.8 Å². The highest BCUT2D eigenvalue weighted by molar-refractivity contribution is 7.20. The second kappa shape index (κ2) is 7.47. The number of hydrogen-bond donors (Lipinski definition) is 1. The molecular formula is C21H23FN4OS. The number of anilines is 2. The molecule has 1 fully saturated rings. The summed E-state index contributed by atoms with van der Waals surface area (Å²) < 4.78 is 13.6. The van der Waals surface area contributed by atoms with E-state index in [1.165, 1.54) is 23.5 Å². The van der Waals surface area contributed by atoms with Crippen LogP contribution in [-0.4, -0.2) is 29.0 Å². The minimum atomic E-state index is -0.374. The van der Waals surface area contributed by atoms with Crippen molar-refractivity contribution in [2.75, 3.05) is 23.3 Å². The van der Waals surface area contributed by atoms with E-state index in [0.717, 1.165) is 59.0 Å². The van der Waals surface area contributed by atoms with Crippen LogP contribution in [-0.2, 0) is 0 Å². The third kappa shape index (κ3) is 3.46. The molecule has 5 nitrogen and oxygen atoms in total. The van der Waals surface area contributed by atoms with Crippen molar-refractivity contribution in [3.63, 3.8) is 0 Å². The number of nitrogens with one attached hydrogen (secondary N) is 1. The van der Waals surface area contributed by atoms with E-state index >= 15 is 0 Å². The van der Waals surface area contributed by atoms with Crippen molar-refractivity contribution in [3.05, 3.63) is 46.3 Å². The van der Waals surface area contributed by atoms with Crippen molar-refractivity contribution in [3.8, 4) is 0 Å². The van der Waals surface area contributed by atoms with Gasteiger partial charge in [0.1, 0.15) is 22.8 Å². The van der Waals surface area contributed by atoms with Gasteiger partial charge >= 0.3 is 0 Å². The molecule has 4 rings (SSSR count). The lowest BCUT2D eigenvalue weighted by atomic mass is 9.99. The molecule has 146 valence electrons. The number of aromatic nitrogens is 2. The summed E-state index contributed by atoms with van der Waals surface area (Å²) in [5.41, 5.74) is 2.18. The first-order valence-electron chi connectivity index (χ1n) is 9.50. The fourth-order valence-electron chi connectivity index (χ4n) is 3.64. The van der Waals surface area contributed by atoms with E-state index < -0.39 is 0 Å². The fraction of sp³-hybridized carbons (Fsp3) is 0.381. The van der Waals surface area contributed by atoms with Gasteiger partial charge in [-0.3, -0.25) is 4.79 Å². The molecule has 7 heteroatoms. The van der Waals surface area contributed by atoms with Gasteiger partial charge in [-0.05, 0) is 55.9 Å². The van der Waals surface area contributed by atoms with Gasteiger partial charge in [0.2, 0.25) is 0 Å². The van der Waals surface area contributed by atoms with Crippen LogP contribution in [0.3, 0.4) is 0 Å². The average Bonchev–Trinajstić information content (AvgIpc) is 3.02. The van der Waals surface area contributed by atoms with Crippen LogP contribution in [0.15, 0.2) is 24.5 Å². The quantitative estimate of drug-likeness (QED) is 0.679. The van der Waals surface area contributed by atoms with Gasteiger partial charge in [-0.2, -0.15) is 0 Å². The van der Waals surface area contributed by atoms with Crippen LogP contribution in [0.25, 0.3) is 10.2 Å². The number of aryl methyl sites for hydroxylation is 2. The van der Waals surface area contributed by atoms with Gasteiger partial charge in [0.25, 0.3) is 5.91 Å². The Morgan fingerprint density at radius 2 is 2.00 bits per heavy atom. The monoisotopic (exact) mass is 398 g/mol. The lowest BCUT2D eigenvalue weighted by molar-refractivity contribution is 0.103. The van der Waals surface area contributed by atoms with E-state index in [9.17, 15) is 9.18 Å². The number of carbonyl (C=O) groups is 1. The smallest absolute Gasteiger partial charge is 0.266 e. The maximum absolute atomic E-state index is 13.6. The third-order valence-electron chi connectivity index (χ3n) is 5.44. The molecule has 0 aliphatic carbocycles. The van der Waals surface area contributed by atoms with Gasteiger partial charge in [0.15, 0.2) is 0 Å². The standard InChI is InChI=1S/C21H23FN4OS/c1-12-6-8-26(9-7-12)19-17-14(3)18(28-21(17)24-11-23-19)20(27)25-16-10-15(22)5-4-13(16)2/h4-5,10-12H,6-9H2,1-3H3,(H,25,27). The summed E-state index contributed by atoms with van der Waals surface area (Å²) in [5.74, 6) is 1.02. The Kier molecular flexibility index (Phi) is 5.02. The number of amides is 1. The molecular weight excluding hydrogens is 375 g/mol. The minimum absolute atomic E-state index is 0.243. The van der Waals surface area contributed by atoms with E-state index in [1.54, 1.807) is 12.4 Å². The largest absolute Gasteiger partial charge is 0.356 e. The number of nitrogens with zero attached hydrogens (tertiary/aromatic N) is 3. The van der Waals surface area contributed by atoms with Crippen LogP contribution in [0.5, 0.6) is 0 Å². The maximum atomic E-state index is 13.6. The van der Waals surface area contributed by atoms with Crippen LogP contribution in [0, 0.1) is 25.6 Å². The lowest BCUT2D eigenvalue weighted by Gasteiger charge is -2.31. The predicted molar refractivity (Wildman–Crippen MR) is 112 cm³/mol. The predicted octanol–water partition coefficient (Wildman–Crippen LogP) is 4.94. The lowest BCUT2D eigenvalue weighted by Crippen LogP contribution is -2.33. The molecule has 0 radical (unpaired) electrons. The van der Waals surface area contributed by atoms with Crippen LogP contribution >= 0.6 is 11.3 Å². The molecule has 0 atom stereocenters. The third-order valence-corrected chi connectivity index (χ3v) is 6.64. The molecule has 28 heavy (non-hydrogen) atoms. The topological polar surface area (TPSA) is 58.1 Å². The molecule has 2 aromatic heterocycles. The first kappa shape index (κ1) is 18.8. The maximum Gasteiger partial charge on any atom is 0.266 e. The van der Waals surface area contributed by atoms with Crippen molar-refractivity contribution in [2.24, 2.45) is 5.92 Å². The van der Waals surface area contributed by atoms with E-state index in [-0.39, 0.29) is 11.7 Å². The Morgan fingerprint density at radius 3 is 2.75 bits per heavy atom. The zero-order valence-electron chi connectivity index (χ0n) is 16.3. The summed E-state index contributed by atoms with van der Waals surface area (Å²) in [6.45, 7) is 7.98. The van der Waals surface area contributed by atoms with Crippen LogP contribution in [0.1, 0.15) is 40.6 Å². The molecule has 3 aromatic rings. The van der Waals surface area contributed by atoms with Crippen LogP contribution in [0.4, 0.5) is 15.9 Å². The molecule has 0 bridgehead atoms. The second-order valence-corrected chi connectivity index (χ2v) is 8.52. The Hall–Kier alpha value is -2.54. The molecule has 1 aliphatic rings. The number of thiophene rings is 1. The zero-order chi connectivity index (χ0) is 19.8. The van der Waals surface area contributed by atoms with Gasteiger partial charge in [-0.1, -0.05) is 13.0 Å². The number of piperidine rings is 1. The van der Waals surface area contributed by atoms with Crippen molar-refractivity contribution in [1.29, 1.82) is 0 Å². The van der Waals surface area contributed by atoms with Gasteiger partial charge in [0, 0.05) is 18.8 Å². The molecule has 3 heterocycles. The van der Waals surface area contributed by atoms with E-state index in [2.05, 4.69) is 27.1 Å². The number of fused-ring (bicyclic) bond motifs is 1. The van der Waals surface area contributed by atoms with Crippen molar-refractivity contribution >= 4 is 39.0 Å². The highest BCUT2D eigenvalue weighted by Crippen LogP contribution is 2.36. The fourth-order valence-corrected chi connectivity index (χ4v) is 4.68. The van der Waals surface area contributed by atoms with Crippen LogP contribution in [0.2, 0.25) is 0 Å². The number of hydrogen-bond acceptors (Lipinski definition) is 5. The summed E-state index contributed by atoms with van der Waals surface area (Å²) >= 11 is 1.36. The molecule has 0 saturated carbocycles. The summed E-state index contributed by atoms with van der Waals surface area (Å²) in [7, 11) is 0. The first-order chi connectivity index (χ1) is 13.4. The number of rotatable bonds is 3. The normalized spacial score (nSPS) is 15.2. The van der Waals surface area contributed by atoms with Gasteiger partial charge in [-0.15, -0.1) is 11.3 Å². The Morgan fingerprint density at radius 1 is 1.25 bits per heavy atom. The van der Waals surface area contributed by atoms with Crippen molar-refractivity contribution < 1.29 is 9.18 Å². The Balaban J connectivity index is 1.69. The molecule has 0 spiro atoms. The summed E-state index contributed by atoms with van der Waals surface area (Å²) in [6.07, 6.45) is 3.85. The Bertz CT molecular complexity index is 1040. The highest BCUT2D eigenvalue weighted by Gasteiger charge is 2.24. The zero-order valence-corrected chi connectivity index (χ0v) is 17.1. The molecule has 1 saturated heterocycles. The van der Waals surface area contributed by atoms with E-state index in [4.69, 9.17) is 0 Å². The summed E-state index contributed by atoms with van der Waals surface area (Å²) in [4.78, 5) is 25.5. The number of benzene rings is 1. The average molecular weight is 399 g/mol. The number of carbonyl (C=O) groups excluding carboxylic acids is 1. The van der Waals surface area contributed by atoms with Gasteiger partial charge < -0.3 is 10.2 Å². The first-order valence-corrected chi connectivity index (χ1v) is 10.3. The molecule has 1 aromatic carbocycles. The SMILES string of the molecule is Cc1ccc(F)cc1NC(=O)c1sc2ncnc(N3CCC(C)CC3)c2c1C. The minimum Gasteiger partial charge on any atom is -0.356 e. The van der Waals surface area contributed by atoms with Gasteiger partial charge in [0.05, 0.1) is 10.3 Å². The van der Waals surface area contributed by atoms with E-state index in [0.29, 0.717) is 10.6 Å². The molecule has 1 aliphatic heterocycles. The van der Waals surface area contributed by atoms with Crippen molar-refractivity contribution in [2.45, 2.75) is 33.6 Å². The van der Waals surface area contributed by atoms with Crippen molar-refractivity contribution in [1.82, 2.24) is 9.97 Å².